The SMILES string of the molecule is COc1ccc(CCNC(=O)CCCc2nnc3c(=O)n(-c4cccc(F)c4)ccn23)cc1OC. The van der Waals surface area contributed by atoms with Crippen LogP contribution in [0, 0.1) is 5.82 Å². The molecule has 182 valence electrons. The van der Waals surface area contributed by atoms with Gasteiger partial charge in [-0.1, -0.05) is 12.1 Å². The Morgan fingerprint density at radius 1 is 1.03 bits per heavy atom. The van der Waals surface area contributed by atoms with Gasteiger partial charge in [0.05, 0.1) is 19.9 Å². The van der Waals surface area contributed by atoms with E-state index in [2.05, 4.69) is 15.5 Å². The maximum atomic E-state index is 13.5. The van der Waals surface area contributed by atoms with Crippen molar-refractivity contribution in [1.82, 2.24) is 24.5 Å². The molecule has 2 aromatic carbocycles. The number of aryl methyl sites for hydroxylation is 1. The van der Waals surface area contributed by atoms with E-state index < -0.39 is 11.4 Å². The highest BCUT2D eigenvalue weighted by molar-refractivity contribution is 5.75. The number of rotatable bonds is 10. The molecule has 0 saturated heterocycles. The molecular formula is C25H26FN5O4. The molecule has 0 bridgehead atoms. The number of methoxy groups -OCH3 is 2. The first-order chi connectivity index (χ1) is 17.0. The fourth-order valence-electron chi connectivity index (χ4n) is 3.81. The average molecular weight is 480 g/mol. The number of halogens is 1. The number of aromatic nitrogens is 4. The number of nitrogens with one attached hydrogen (secondary N) is 1. The molecule has 0 aliphatic rings. The Labute approximate surface area is 201 Å². The Hall–Kier alpha value is -4.21. The fraction of sp³-hybridized carbons (Fsp3) is 0.280. The van der Waals surface area contributed by atoms with Crippen molar-refractivity contribution >= 4 is 11.6 Å². The summed E-state index contributed by atoms with van der Waals surface area (Å²) in [6, 6.07) is 11.4. The van der Waals surface area contributed by atoms with Crippen LogP contribution >= 0.6 is 0 Å². The first-order valence-electron chi connectivity index (χ1n) is 11.2. The summed E-state index contributed by atoms with van der Waals surface area (Å²) in [6.45, 7) is 0.502. The predicted octanol–water partition coefficient (Wildman–Crippen LogP) is 2.72. The summed E-state index contributed by atoms with van der Waals surface area (Å²) in [5, 5.41) is 11.0. The zero-order valence-corrected chi connectivity index (χ0v) is 19.5. The van der Waals surface area contributed by atoms with Crippen molar-refractivity contribution in [1.29, 1.82) is 0 Å². The molecule has 0 fully saturated rings. The molecule has 0 unspecified atom stereocenters. The summed E-state index contributed by atoms with van der Waals surface area (Å²) < 4.78 is 27.0. The minimum Gasteiger partial charge on any atom is -0.493 e. The van der Waals surface area contributed by atoms with Crippen LogP contribution in [-0.4, -0.2) is 45.8 Å². The van der Waals surface area contributed by atoms with Crippen molar-refractivity contribution in [3.63, 3.8) is 0 Å². The van der Waals surface area contributed by atoms with Gasteiger partial charge in [-0.3, -0.25) is 18.6 Å². The number of fused-ring (bicyclic) bond motifs is 1. The van der Waals surface area contributed by atoms with Gasteiger partial charge in [0.25, 0.3) is 0 Å². The molecule has 0 aliphatic heterocycles. The Kier molecular flexibility index (Phi) is 7.39. The third-order valence-electron chi connectivity index (χ3n) is 5.62. The van der Waals surface area contributed by atoms with Gasteiger partial charge in [0.2, 0.25) is 11.6 Å². The second kappa shape index (κ2) is 10.8. The molecule has 0 atom stereocenters. The summed E-state index contributed by atoms with van der Waals surface area (Å²) in [4.78, 5) is 25.0. The van der Waals surface area contributed by atoms with Crippen LogP contribution in [0.2, 0.25) is 0 Å². The van der Waals surface area contributed by atoms with Crippen molar-refractivity contribution in [2.45, 2.75) is 25.7 Å². The first kappa shape index (κ1) is 23.9. The summed E-state index contributed by atoms with van der Waals surface area (Å²) in [7, 11) is 3.17. The standard InChI is InChI=1S/C25H26FN5O4/c1-34-20-10-9-17(15-21(20)35-2)11-12-27-23(32)8-4-7-22-28-29-24-25(33)30(13-14-31(22)24)19-6-3-5-18(26)16-19/h3,5-6,9-10,13-16H,4,7-8,11-12H2,1-2H3,(H,27,32). The van der Waals surface area contributed by atoms with E-state index in [1.165, 1.54) is 22.8 Å². The minimum absolute atomic E-state index is 0.0623. The molecule has 10 heteroatoms. The molecule has 1 amide bonds. The molecule has 4 aromatic rings. The molecular weight excluding hydrogens is 453 g/mol. The van der Waals surface area contributed by atoms with Gasteiger partial charge in [-0.15, -0.1) is 10.2 Å². The number of benzene rings is 2. The Bertz CT molecular complexity index is 1400. The minimum atomic E-state index is -0.432. The lowest BCUT2D eigenvalue weighted by atomic mass is 10.1. The molecule has 2 aromatic heterocycles. The van der Waals surface area contributed by atoms with Gasteiger partial charge in [-0.25, -0.2) is 4.39 Å². The van der Waals surface area contributed by atoms with Crippen molar-refractivity contribution < 1.29 is 18.7 Å². The van der Waals surface area contributed by atoms with Crippen LogP contribution in [0.5, 0.6) is 11.5 Å². The van der Waals surface area contributed by atoms with Gasteiger partial charge in [0, 0.05) is 31.8 Å². The van der Waals surface area contributed by atoms with Gasteiger partial charge in [0.1, 0.15) is 11.6 Å². The molecule has 0 aliphatic carbocycles. The Balaban J connectivity index is 1.30. The van der Waals surface area contributed by atoms with Gasteiger partial charge >= 0.3 is 5.56 Å². The van der Waals surface area contributed by atoms with E-state index >= 15 is 0 Å². The molecule has 35 heavy (non-hydrogen) atoms. The molecule has 9 nitrogen and oxygen atoms in total. The van der Waals surface area contributed by atoms with Crippen LogP contribution < -0.4 is 20.3 Å². The largest absolute Gasteiger partial charge is 0.493 e. The van der Waals surface area contributed by atoms with Gasteiger partial charge in [0.15, 0.2) is 11.5 Å². The van der Waals surface area contributed by atoms with Crippen LogP contribution in [0.15, 0.2) is 59.7 Å². The predicted molar refractivity (Wildman–Crippen MR) is 128 cm³/mol. The molecule has 4 rings (SSSR count). The van der Waals surface area contributed by atoms with E-state index in [0.717, 1.165) is 5.56 Å². The zero-order chi connectivity index (χ0) is 24.8. The third kappa shape index (κ3) is 5.48. The Morgan fingerprint density at radius 2 is 1.86 bits per heavy atom. The summed E-state index contributed by atoms with van der Waals surface area (Å²) >= 11 is 0. The van der Waals surface area contributed by atoms with Crippen molar-refractivity contribution in [3.8, 4) is 17.2 Å². The average Bonchev–Trinajstić information content (AvgIpc) is 3.28. The molecule has 0 saturated carbocycles. The number of ether oxygens (including phenoxy) is 2. The number of carbonyl (C=O) groups excluding carboxylic acids is 1. The zero-order valence-electron chi connectivity index (χ0n) is 19.5. The molecule has 0 spiro atoms. The van der Waals surface area contributed by atoms with Crippen molar-refractivity contribution in [2.75, 3.05) is 20.8 Å². The summed E-state index contributed by atoms with van der Waals surface area (Å²) in [5.41, 5.74) is 1.18. The monoisotopic (exact) mass is 479 g/mol. The highest BCUT2D eigenvalue weighted by Crippen LogP contribution is 2.27. The van der Waals surface area contributed by atoms with E-state index in [9.17, 15) is 14.0 Å². The van der Waals surface area contributed by atoms with Crippen molar-refractivity contribution in [2.24, 2.45) is 0 Å². The maximum absolute atomic E-state index is 13.5. The van der Waals surface area contributed by atoms with Crippen LogP contribution in [-0.2, 0) is 17.6 Å². The molecule has 0 radical (unpaired) electrons. The number of hydrogen-bond donors (Lipinski definition) is 1. The smallest absolute Gasteiger partial charge is 0.300 e. The van der Waals surface area contributed by atoms with Crippen LogP contribution in [0.25, 0.3) is 11.3 Å². The van der Waals surface area contributed by atoms with Gasteiger partial charge in [-0.05, 0) is 48.7 Å². The van der Waals surface area contributed by atoms with Crippen LogP contribution in [0.4, 0.5) is 4.39 Å². The highest BCUT2D eigenvalue weighted by Gasteiger charge is 2.13. The number of amides is 1. The van der Waals surface area contributed by atoms with E-state index in [1.54, 1.807) is 37.1 Å². The lowest BCUT2D eigenvalue weighted by Gasteiger charge is -2.10. The molecule has 1 N–H and O–H groups in total. The molecule has 2 heterocycles. The van der Waals surface area contributed by atoms with E-state index in [-0.39, 0.29) is 11.6 Å². The number of carbonyl (C=O) groups is 1. The van der Waals surface area contributed by atoms with Gasteiger partial charge < -0.3 is 14.8 Å². The topological polar surface area (TPSA) is 99.8 Å². The van der Waals surface area contributed by atoms with Crippen molar-refractivity contribution in [3.05, 3.63) is 82.4 Å². The third-order valence-corrected chi connectivity index (χ3v) is 5.62. The first-order valence-corrected chi connectivity index (χ1v) is 11.2. The maximum Gasteiger partial charge on any atom is 0.300 e. The lowest BCUT2D eigenvalue weighted by Crippen LogP contribution is -2.25. The van der Waals surface area contributed by atoms with Crippen LogP contribution in [0.3, 0.4) is 0 Å². The van der Waals surface area contributed by atoms with E-state index in [4.69, 9.17) is 9.47 Å². The van der Waals surface area contributed by atoms with E-state index in [1.807, 2.05) is 18.2 Å². The number of hydrogen-bond acceptors (Lipinski definition) is 6. The second-order valence-corrected chi connectivity index (χ2v) is 7.91. The van der Waals surface area contributed by atoms with E-state index in [0.29, 0.717) is 55.2 Å². The van der Waals surface area contributed by atoms with Crippen LogP contribution in [0.1, 0.15) is 24.2 Å². The highest BCUT2D eigenvalue weighted by atomic mass is 19.1. The normalized spacial score (nSPS) is 10.9. The second-order valence-electron chi connectivity index (χ2n) is 7.91. The summed E-state index contributed by atoms with van der Waals surface area (Å²) in [6.07, 6.45) is 5.24. The summed E-state index contributed by atoms with van der Waals surface area (Å²) in [5.74, 6) is 1.40. The quantitative estimate of drug-likeness (QED) is 0.376. The number of nitrogens with zero attached hydrogens (tertiary/aromatic N) is 4. The fourth-order valence-corrected chi connectivity index (χ4v) is 3.81. The lowest BCUT2D eigenvalue weighted by molar-refractivity contribution is -0.121. The van der Waals surface area contributed by atoms with Gasteiger partial charge in [-0.2, -0.15) is 0 Å². The Morgan fingerprint density at radius 3 is 2.63 bits per heavy atom.